The molecule has 0 spiro atoms. The summed E-state index contributed by atoms with van der Waals surface area (Å²) in [4.78, 5) is 38.2. The minimum absolute atomic E-state index is 0.165. The lowest BCUT2D eigenvalue weighted by Crippen LogP contribution is -2.60. The summed E-state index contributed by atoms with van der Waals surface area (Å²) in [7, 11) is 0. The topological polar surface area (TPSA) is 84.9 Å². The van der Waals surface area contributed by atoms with Crippen molar-refractivity contribution in [3.63, 3.8) is 0 Å². The van der Waals surface area contributed by atoms with E-state index in [-0.39, 0.29) is 24.8 Å². The van der Waals surface area contributed by atoms with Crippen molar-refractivity contribution in [3.8, 4) is 5.75 Å². The van der Waals surface area contributed by atoms with Gasteiger partial charge < -0.3 is 19.7 Å². The zero-order valence-electron chi connectivity index (χ0n) is 16.4. The molecular formula is C20H28N2O5. The second kappa shape index (κ2) is 9.39. The van der Waals surface area contributed by atoms with Gasteiger partial charge in [-0.3, -0.25) is 14.4 Å². The molecule has 7 heteroatoms. The predicted molar refractivity (Wildman–Crippen MR) is 100 cm³/mol. The summed E-state index contributed by atoms with van der Waals surface area (Å²) in [6.07, 6.45) is -0.938. The van der Waals surface area contributed by atoms with E-state index in [1.54, 1.807) is 13.8 Å². The molecule has 1 saturated heterocycles. The highest BCUT2D eigenvalue weighted by Crippen LogP contribution is 2.20. The summed E-state index contributed by atoms with van der Waals surface area (Å²) in [6, 6.07) is 6.72. The molecule has 1 aromatic carbocycles. The van der Waals surface area contributed by atoms with Gasteiger partial charge in [0.1, 0.15) is 11.8 Å². The minimum Gasteiger partial charge on any atom is -0.481 e. The number of benzene rings is 1. The molecule has 1 aliphatic heterocycles. The molecule has 1 N–H and O–H groups in total. The summed E-state index contributed by atoms with van der Waals surface area (Å²) >= 11 is 0. The molecule has 1 aromatic rings. The zero-order valence-corrected chi connectivity index (χ0v) is 16.4. The van der Waals surface area contributed by atoms with Crippen molar-refractivity contribution in [3.05, 3.63) is 29.8 Å². The van der Waals surface area contributed by atoms with Crippen LogP contribution >= 0.6 is 0 Å². The molecule has 1 fully saturated rings. The average Bonchev–Trinajstić information content (AvgIpc) is 2.63. The van der Waals surface area contributed by atoms with Gasteiger partial charge in [0.05, 0.1) is 13.0 Å². The van der Waals surface area contributed by atoms with Crippen molar-refractivity contribution >= 4 is 17.8 Å². The average molecular weight is 376 g/mol. The van der Waals surface area contributed by atoms with Crippen LogP contribution in [0.3, 0.4) is 0 Å². The van der Waals surface area contributed by atoms with Crippen LogP contribution in [0.25, 0.3) is 0 Å². The Morgan fingerprint density at radius 3 is 2.48 bits per heavy atom. The highest BCUT2D eigenvalue weighted by atomic mass is 16.5. The molecule has 0 aromatic heterocycles. The fourth-order valence-corrected chi connectivity index (χ4v) is 2.98. The molecule has 2 rings (SSSR count). The number of rotatable bonds is 7. The molecule has 2 atom stereocenters. The second-order valence-corrected chi connectivity index (χ2v) is 6.83. The molecule has 2 amide bonds. The van der Waals surface area contributed by atoms with Crippen LogP contribution in [-0.2, 0) is 19.1 Å². The van der Waals surface area contributed by atoms with Gasteiger partial charge >= 0.3 is 5.97 Å². The molecule has 0 aliphatic carbocycles. The number of nitrogens with one attached hydrogen (secondary N) is 1. The summed E-state index contributed by atoms with van der Waals surface area (Å²) < 4.78 is 10.7. The monoisotopic (exact) mass is 376 g/mol. The molecule has 0 unspecified atom stereocenters. The number of amides is 2. The van der Waals surface area contributed by atoms with Crippen LogP contribution in [0.1, 0.15) is 45.6 Å². The third kappa shape index (κ3) is 5.45. The number of hydrogen-bond donors (Lipinski definition) is 1. The van der Waals surface area contributed by atoms with E-state index in [9.17, 15) is 14.4 Å². The normalized spacial score (nSPS) is 18.0. The van der Waals surface area contributed by atoms with E-state index < -0.39 is 18.1 Å². The first-order valence-corrected chi connectivity index (χ1v) is 9.33. The van der Waals surface area contributed by atoms with Gasteiger partial charge in [-0.1, -0.05) is 26.0 Å². The lowest BCUT2D eigenvalue weighted by molar-refractivity contribution is -0.153. The molecule has 27 heavy (non-hydrogen) atoms. The van der Waals surface area contributed by atoms with Crippen LogP contribution in [0.15, 0.2) is 24.3 Å². The summed E-state index contributed by atoms with van der Waals surface area (Å²) in [5.74, 6) is -0.185. The molecule has 1 heterocycles. The van der Waals surface area contributed by atoms with Crippen molar-refractivity contribution in [2.75, 3.05) is 19.7 Å². The van der Waals surface area contributed by atoms with E-state index in [0.29, 0.717) is 24.8 Å². The molecule has 0 radical (unpaired) electrons. The van der Waals surface area contributed by atoms with Crippen LogP contribution in [0, 0.1) is 0 Å². The van der Waals surface area contributed by atoms with Crippen LogP contribution in [0.2, 0.25) is 0 Å². The first-order valence-electron chi connectivity index (χ1n) is 9.33. The second-order valence-electron chi connectivity index (χ2n) is 6.83. The van der Waals surface area contributed by atoms with Crippen molar-refractivity contribution in [2.24, 2.45) is 0 Å². The van der Waals surface area contributed by atoms with Gasteiger partial charge in [0.25, 0.3) is 5.91 Å². The lowest BCUT2D eigenvalue weighted by Gasteiger charge is -2.36. The minimum atomic E-state index is -0.875. The number of ether oxygens (including phenoxy) is 2. The van der Waals surface area contributed by atoms with Gasteiger partial charge in [-0.25, -0.2) is 0 Å². The van der Waals surface area contributed by atoms with E-state index in [0.717, 1.165) is 0 Å². The van der Waals surface area contributed by atoms with Gasteiger partial charge in [-0.2, -0.15) is 0 Å². The van der Waals surface area contributed by atoms with Crippen LogP contribution in [0.5, 0.6) is 5.75 Å². The van der Waals surface area contributed by atoms with E-state index in [4.69, 9.17) is 9.47 Å². The Hall–Kier alpha value is -2.57. The maximum atomic E-state index is 12.8. The highest BCUT2D eigenvalue weighted by molar-refractivity contribution is 5.93. The summed E-state index contributed by atoms with van der Waals surface area (Å²) in [5, 5.41) is 2.69. The van der Waals surface area contributed by atoms with Crippen LogP contribution < -0.4 is 10.1 Å². The Bertz CT molecular complexity index is 671. The van der Waals surface area contributed by atoms with Gasteiger partial charge in [0, 0.05) is 13.1 Å². The maximum Gasteiger partial charge on any atom is 0.308 e. The van der Waals surface area contributed by atoms with Crippen molar-refractivity contribution in [1.82, 2.24) is 10.2 Å². The Labute approximate surface area is 160 Å². The van der Waals surface area contributed by atoms with E-state index in [2.05, 4.69) is 19.2 Å². The molecule has 0 saturated carbocycles. The summed E-state index contributed by atoms with van der Waals surface area (Å²) in [5.41, 5.74) is 1.18. The molecular weight excluding hydrogens is 348 g/mol. The van der Waals surface area contributed by atoms with Gasteiger partial charge in [0.15, 0.2) is 6.10 Å². The smallest absolute Gasteiger partial charge is 0.308 e. The van der Waals surface area contributed by atoms with Crippen molar-refractivity contribution in [1.29, 1.82) is 0 Å². The third-order valence-corrected chi connectivity index (χ3v) is 4.49. The van der Waals surface area contributed by atoms with E-state index in [1.165, 1.54) is 10.5 Å². The van der Waals surface area contributed by atoms with Crippen molar-refractivity contribution < 1.29 is 23.9 Å². The first kappa shape index (κ1) is 20.7. The largest absolute Gasteiger partial charge is 0.481 e. The summed E-state index contributed by atoms with van der Waals surface area (Å²) in [6.45, 7) is 8.45. The van der Waals surface area contributed by atoms with Crippen LogP contribution in [-0.4, -0.2) is 54.5 Å². The number of carbonyl (C=O) groups is 3. The van der Waals surface area contributed by atoms with Gasteiger partial charge in [-0.15, -0.1) is 0 Å². The fraction of sp³-hybridized carbons (Fsp3) is 0.550. The number of hydrogen-bond acceptors (Lipinski definition) is 5. The standard InChI is InChI=1S/C20H28N2O5/c1-5-26-18(23)12-17-19(24)21-10-11-22(17)20(25)14(4)27-16-8-6-15(7-9-16)13(2)3/h6-9,13-14,17H,5,10-12H2,1-4H3,(H,21,24)/t14-,17-/m1/s1. The maximum absolute atomic E-state index is 12.8. The number of piperazine rings is 1. The van der Waals surface area contributed by atoms with E-state index >= 15 is 0 Å². The van der Waals surface area contributed by atoms with E-state index in [1.807, 2.05) is 24.3 Å². The zero-order chi connectivity index (χ0) is 20.0. The predicted octanol–water partition coefficient (Wildman–Crippen LogP) is 1.86. The fourth-order valence-electron chi connectivity index (χ4n) is 2.98. The number of carbonyl (C=O) groups excluding carboxylic acids is 3. The third-order valence-electron chi connectivity index (χ3n) is 4.49. The Kier molecular flexibility index (Phi) is 7.21. The molecule has 7 nitrogen and oxygen atoms in total. The molecule has 0 bridgehead atoms. The first-order chi connectivity index (χ1) is 12.8. The number of nitrogens with zero attached hydrogens (tertiary/aromatic N) is 1. The van der Waals surface area contributed by atoms with Gasteiger partial charge in [-0.05, 0) is 37.5 Å². The Morgan fingerprint density at radius 1 is 1.22 bits per heavy atom. The molecule has 1 aliphatic rings. The van der Waals surface area contributed by atoms with Crippen molar-refractivity contribution in [2.45, 2.75) is 52.2 Å². The Morgan fingerprint density at radius 2 is 1.89 bits per heavy atom. The lowest BCUT2D eigenvalue weighted by atomic mass is 10.0. The Balaban J connectivity index is 2.05. The quantitative estimate of drug-likeness (QED) is 0.734. The molecule has 148 valence electrons. The van der Waals surface area contributed by atoms with Crippen LogP contribution in [0.4, 0.5) is 0 Å². The highest BCUT2D eigenvalue weighted by Gasteiger charge is 2.37. The number of esters is 1. The van der Waals surface area contributed by atoms with Gasteiger partial charge in [0.2, 0.25) is 5.91 Å². The SMILES string of the molecule is CCOC(=O)C[C@@H]1C(=O)NCCN1C(=O)[C@@H](C)Oc1ccc(C(C)C)cc1.